The number of nitrogens with zero attached hydrogens (tertiary/aromatic N) is 1. The van der Waals surface area contributed by atoms with Crippen LogP contribution >= 0.6 is 0 Å². The summed E-state index contributed by atoms with van der Waals surface area (Å²) >= 11 is 0. The molecule has 7 heteroatoms. The summed E-state index contributed by atoms with van der Waals surface area (Å²) in [7, 11) is 0. The molecule has 0 bridgehead atoms. The Morgan fingerprint density at radius 2 is 1.57 bits per heavy atom. The van der Waals surface area contributed by atoms with Gasteiger partial charge in [-0.25, -0.2) is 4.79 Å². The molecule has 7 nitrogen and oxygen atoms in total. The number of ether oxygens (including phenoxy) is 4. The van der Waals surface area contributed by atoms with Gasteiger partial charge in [-0.1, -0.05) is 68.3 Å². The zero-order valence-corrected chi connectivity index (χ0v) is 23.4. The summed E-state index contributed by atoms with van der Waals surface area (Å²) in [6.45, 7) is 3.24. The number of nitrogens with two attached hydrogens (primary N) is 1. The van der Waals surface area contributed by atoms with Crippen LogP contribution in [-0.2, 0) is 6.61 Å². The number of allylic oxidation sites excluding steroid dienone is 1. The van der Waals surface area contributed by atoms with Crippen LogP contribution in [0, 0.1) is 11.3 Å². The van der Waals surface area contributed by atoms with Crippen molar-refractivity contribution in [3.8, 4) is 29.1 Å². The van der Waals surface area contributed by atoms with Gasteiger partial charge in [-0.2, -0.15) is 5.26 Å². The number of benzene rings is 4. The van der Waals surface area contributed by atoms with Crippen molar-refractivity contribution in [1.29, 1.82) is 5.26 Å². The van der Waals surface area contributed by atoms with Crippen molar-refractivity contribution in [3.63, 3.8) is 0 Å². The fourth-order valence-corrected chi connectivity index (χ4v) is 4.73. The van der Waals surface area contributed by atoms with Gasteiger partial charge in [0.25, 0.3) is 0 Å². The molecule has 1 aliphatic heterocycles. The molecule has 0 fully saturated rings. The van der Waals surface area contributed by atoms with Gasteiger partial charge in [0.15, 0.2) is 0 Å². The summed E-state index contributed by atoms with van der Waals surface area (Å²) < 4.78 is 23.1. The van der Waals surface area contributed by atoms with Crippen LogP contribution in [0.25, 0.3) is 0 Å². The molecule has 42 heavy (non-hydrogen) atoms. The number of esters is 1. The standard InChI is InChI=1S/C35H32N2O5/c1-2-3-7-20-39-27-16-12-26(13-17-27)35(38)41-29-18-19-30-32(21-29)42-34(37)31(22-36)33(30)25-10-14-28(15-11-25)40-23-24-8-5-4-6-9-24/h4-6,8-19,21,33H,2-3,7,20,23,37H2,1H3. The Kier molecular flexibility index (Phi) is 9.05. The van der Waals surface area contributed by atoms with E-state index in [9.17, 15) is 10.1 Å². The Morgan fingerprint density at radius 3 is 2.29 bits per heavy atom. The molecule has 4 aromatic rings. The Bertz CT molecular complexity index is 1590. The molecule has 0 amide bonds. The van der Waals surface area contributed by atoms with Crippen LogP contribution in [0.2, 0.25) is 0 Å². The first kappa shape index (κ1) is 28.3. The van der Waals surface area contributed by atoms with E-state index in [-0.39, 0.29) is 5.88 Å². The monoisotopic (exact) mass is 560 g/mol. The van der Waals surface area contributed by atoms with Gasteiger partial charge in [-0.3, -0.25) is 0 Å². The van der Waals surface area contributed by atoms with Crippen molar-refractivity contribution < 1.29 is 23.7 Å². The normalized spacial score (nSPS) is 13.9. The minimum atomic E-state index is -0.507. The summed E-state index contributed by atoms with van der Waals surface area (Å²) in [6, 6.07) is 31.7. The predicted octanol–water partition coefficient (Wildman–Crippen LogP) is 7.27. The number of rotatable bonds is 11. The Labute approximate surface area is 245 Å². The molecular formula is C35H32N2O5. The lowest BCUT2D eigenvalue weighted by Gasteiger charge is -2.26. The van der Waals surface area contributed by atoms with E-state index in [1.54, 1.807) is 42.5 Å². The lowest BCUT2D eigenvalue weighted by molar-refractivity contribution is 0.0734. The van der Waals surface area contributed by atoms with Gasteiger partial charge in [0.05, 0.1) is 18.1 Å². The predicted molar refractivity (Wildman–Crippen MR) is 159 cm³/mol. The van der Waals surface area contributed by atoms with E-state index in [0.717, 1.165) is 36.0 Å². The largest absolute Gasteiger partial charge is 0.494 e. The van der Waals surface area contributed by atoms with Crippen molar-refractivity contribution in [2.45, 2.75) is 38.7 Å². The molecule has 0 saturated heterocycles. The van der Waals surface area contributed by atoms with Crippen molar-refractivity contribution in [3.05, 3.63) is 131 Å². The highest BCUT2D eigenvalue weighted by Crippen LogP contribution is 2.43. The average Bonchev–Trinajstić information content (AvgIpc) is 3.02. The zero-order valence-electron chi connectivity index (χ0n) is 23.4. The molecule has 0 spiro atoms. The third kappa shape index (κ3) is 6.73. The zero-order chi connectivity index (χ0) is 29.3. The molecule has 0 aromatic heterocycles. The van der Waals surface area contributed by atoms with E-state index in [0.29, 0.717) is 47.3 Å². The number of nitriles is 1. The fourth-order valence-electron chi connectivity index (χ4n) is 4.73. The molecule has 2 N–H and O–H groups in total. The molecule has 1 aliphatic rings. The Hall–Kier alpha value is -5.22. The number of fused-ring (bicyclic) bond motifs is 1. The van der Waals surface area contributed by atoms with Gasteiger partial charge < -0.3 is 24.7 Å². The van der Waals surface area contributed by atoms with Gasteiger partial charge in [0.2, 0.25) is 5.88 Å². The van der Waals surface area contributed by atoms with Gasteiger partial charge in [0, 0.05) is 11.6 Å². The second-order valence-corrected chi connectivity index (χ2v) is 9.94. The first-order valence-electron chi connectivity index (χ1n) is 14.0. The lowest BCUT2D eigenvalue weighted by Crippen LogP contribution is -2.21. The SMILES string of the molecule is CCCCCOc1ccc(C(=O)Oc2ccc3c(c2)OC(N)=C(C#N)C3c2ccc(OCc3ccccc3)cc2)cc1. The fraction of sp³-hybridized carbons (Fsp3) is 0.200. The molecule has 4 aromatic carbocycles. The Morgan fingerprint density at radius 1 is 0.881 bits per heavy atom. The molecular weight excluding hydrogens is 528 g/mol. The number of hydrogen-bond donors (Lipinski definition) is 1. The quantitative estimate of drug-likeness (QED) is 0.117. The topological polar surface area (TPSA) is 104 Å². The smallest absolute Gasteiger partial charge is 0.343 e. The second kappa shape index (κ2) is 13.4. The van der Waals surface area contributed by atoms with Crippen molar-refractivity contribution >= 4 is 5.97 Å². The molecule has 1 heterocycles. The van der Waals surface area contributed by atoms with Gasteiger partial charge in [-0.15, -0.1) is 0 Å². The second-order valence-electron chi connectivity index (χ2n) is 9.94. The first-order valence-corrected chi connectivity index (χ1v) is 14.0. The van der Waals surface area contributed by atoms with Crippen LogP contribution < -0.4 is 24.7 Å². The first-order chi connectivity index (χ1) is 20.6. The van der Waals surface area contributed by atoms with Crippen molar-refractivity contribution in [1.82, 2.24) is 0 Å². The van der Waals surface area contributed by atoms with Crippen LogP contribution in [0.3, 0.4) is 0 Å². The number of hydrogen-bond acceptors (Lipinski definition) is 7. The van der Waals surface area contributed by atoms with E-state index in [2.05, 4.69) is 13.0 Å². The third-order valence-corrected chi connectivity index (χ3v) is 6.97. The molecule has 5 rings (SSSR count). The highest BCUT2D eigenvalue weighted by Gasteiger charge is 2.31. The minimum absolute atomic E-state index is 0.0115. The summed E-state index contributed by atoms with van der Waals surface area (Å²) in [6.07, 6.45) is 3.24. The third-order valence-electron chi connectivity index (χ3n) is 6.97. The summed E-state index contributed by atoms with van der Waals surface area (Å²) in [4.78, 5) is 12.8. The molecule has 0 saturated carbocycles. The van der Waals surface area contributed by atoms with E-state index in [1.165, 1.54) is 0 Å². The van der Waals surface area contributed by atoms with Crippen molar-refractivity contribution in [2.75, 3.05) is 6.61 Å². The highest BCUT2D eigenvalue weighted by atomic mass is 16.5. The van der Waals surface area contributed by atoms with E-state index in [1.807, 2.05) is 54.6 Å². The number of carbonyl (C=O) groups excluding carboxylic acids is 1. The van der Waals surface area contributed by atoms with Crippen molar-refractivity contribution in [2.24, 2.45) is 5.73 Å². The number of unbranched alkanes of at least 4 members (excludes halogenated alkanes) is 2. The van der Waals surface area contributed by atoms with Crippen LogP contribution in [0.5, 0.6) is 23.0 Å². The van der Waals surface area contributed by atoms with Crippen LogP contribution in [-0.4, -0.2) is 12.6 Å². The highest BCUT2D eigenvalue weighted by molar-refractivity contribution is 5.91. The van der Waals surface area contributed by atoms with Gasteiger partial charge in [-0.05, 0) is 60.0 Å². The summed E-state index contributed by atoms with van der Waals surface area (Å²) in [5.74, 6) is 1.20. The maximum Gasteiger partial charge on any atom is 0.343 e. The van der Waals surface area contributed by atoms with E-state index in [4.69, 9.17) is 24.7 Å². The maximum absolute atomic E-state index is 12.8. The minimum Gasteiger partial charge on any atom is -0.494 e. The van der Waals surface area contributed by atoms with Crippen LogP contribution in [0.1, 0.15) is 59.2 Å². The van der Waals surface area contributed by atoms with E-state index < -0.39 is 11.9 Å². The summed E-state index contributed by atoms with van der Waals surface area (Å²) in [5, 5.41) is 9.90. The molecule has 1 unspecified atom stereocenters. The average molecular weight is 561 g/mol. The Balaban J connectivity index is 1.29. The van der Waals surface area contributed by atoms with Gasteiger partial charge >= 0.3 is 5.97 Å². The van der Waals surface area contributed by atoms with Crippen LogP contribution in [0.15, 0.2) is 109 Å². The summed E-state index contributed by atoms with van der Waals surface area (Å²) in [5.41, 5.74) is 9.54. The molecule has 1 atom stereocenters. The van der Waals surface area contributed by atoms with Crippen LogP contribution in [0.4, 0.5) is 0 Å². The van der Waals surface area contributed by atoms with E-state index >= 15 is 0 Å². The maximum atomic E-state index is 12.8. The number of carbonyl (C=O) groups is 1. The van der Waals surface area contributed by atoms with Gasteiger partial charge in [0.1, 0.15) is 41.2 Å². The lowest BCUT2D eigenvalue weighted by atomic mass is 9.83. The molecule has 0 radical (unpaired) electrons. The molecule has 0 aliphatic carbocycles. The molecule has 212 valence electrons.